The summed E-state index contributed by atoms with van der Waals surface area (Å²) in [7, 11) is -1.05. The Balaban J connectivity index is 2.03. The van der Waals surface area contributed by atoms with Crippen molar-refractivity contribution in [2.45, 2.75) is 32.4 Å². The van der Waals surface area contributed by atoms with Crippen LogP contribution in [0.2, 0.25) is 25.7 Å². The molecule has 108 valence electrons. The average molecular weight is 291 g/mol. The minimum absolute atomic E-state index is 0.287. The molecule has 2 rings (SSSR count). The second-order valence-corrected chi connectivity index (χ2v) is 11.7. The zero-order valence-corrected chi connectivity index (χ0v) is 13.2. The standard InChI is InChI=1S/C14H21N3O2Si/c1-20(2,3)9-8-19-10-17-7-6-11-13(17)5-4-12(16-11)14(15)18/h4-7H,8-10H2,1-3H3,(H2,15,18). The van der Waals surface area contributed by atoms with Gasteiger partial charge in [0.1, 0.15) is 12.4 Å². The first-order valence-corrected chi connectivity index (χ1v) is 10.4. The largest absolute Gasteiger partial charge is 0.364 e. The van der Waals surface area contributed by atoms with Gasteiger partial charge in [0.15, 0.2) is 0 Å². The van der Waals surface area contributed by atoms with E-state index in [4.69, 9.17) is 10.5 Å². The van der Waals surface area contributed by atoms with Gasteiger partial charge in [0.2, 0.25) is 0 Å². The van der Waals surface area contributed by atoms with E-state index in [1.54, 1.807) is 6.07 Å². The lowest BCUT2D eigenvalue weighted by Gasteiger charge is -2.15. The summed E-state index contributed by atoms with van der Waals surface area (Å²) in [6, 6.07) is 6.51. The van der Waals surface area contributed by atoms with E-state index in [0.717, 1.165) is 23.7 Å². The Morgan fingerprint density at radius 1 is 1.35 bits per heavy atom. The molecule has 2 N–H and O–H groups in total. The number of rotatable bonds is 6. The van der Waals surface area contributed by atoms with Crippen LogP contribution in [0.15, 0.2) is 24.4 Å². The van der Waals surface area contributed by atoms with Gasteiger partial charge in [0.25, 0.3) is 5.91 Å². The van der Waals surface area contributed by atoms with E-state index in [9.17, 15) is 4.79 Å². The Hall–Kier alpha value is -1.66. The minimum Gasteiger partial charge on any atom is -0.364 e. The second-order valence-electron chi connectivity index (χ2n) is 6.10. The molecule has 0 aromatic carbocycles. The molecule has 0 aliphatic carbocycles. The molecule has 0 saturated carbocycles. The number of hydrogen-bond acceptors (Lipinski definition) is 3. The van der Waals surface area contributed by atoms with E-state index >= 15 is 0 Å². The molecule has 20 heavy (non-hydrogen) atoms. The highest BCUT2D eigenvalue weighted by molar-refractivity contribution is 6.76. The molecule has 0 aliphatic heterocycles. The predicted octanol–water partition coefficient (Wildman–Crippen LogP) is 2.45. The zero-order chi connectivity index (χ0) is 14.8. The van der Waals surface area contributed by atoms with Crippen LogP contribution in [0.5, 0.6) is 0 Å². The third-order valence-electron chi connectivity index (χ3n) is 3.10. The predicted molar refractivity (Wildman–Crippen MR) is 82.4 cm³/mol. The van der Waals surface area contributed by atoms with Crippen LogP contribution in [0.1, 0.15) is 10.5 Å². The van der Waals surface area contributed by atoms with E-state index in [1.807, 2.05) is 22.9 Å². The first-order chi connectivity index (χ1) is 9.37. The van der Waals surface area contributed by atoms with Crippen LogP contribution in [0.4, 0.5) is 0 Å². The van der Waals surface area contributed by atoms with Gasteiger partial charge in [0.05, 0.1) is 11.0 Å². The van der Waals surface area contributed by atoms with Crippen molar-refractivity contribution in [2.24, 2.45) is 5.73 Å². The van der Waals surface area contributed by atoms with Crippen LogP contribution < -0.4 is 5.73 Å². The van der Waals surface area contributed by atoms with Crippen molar-refractivity contribution in [3.8, 4) is 0 Å². The summed E-state index contributed by atoms with van der Waals surface area (Å²) in [6.07, 6.45) is 1.91. The molecule has 0 spiro atoms. The lowest BCUT2D eigenvalue weighted by Crippen LogP contribution is -2.21. The molecule has 0 atom stereocenters. The maximum absolute atomic E-state index is 11.1. The maximum atomic E-state index is 11.1. The van der Waals surface area contributed by atoms with Gasteiger partial charge in [-0.15, -0.1) is 0 Å². The van der Waals surface area contributed by atoms with E-state index in [2.05, 4.69) is 24.6 Å². The molecule has 0 radical (unpaired) electrons. The van der Waals surface area contributed by atoms with Gasteiger partial charge in [-0.05, 0) is 24.2 Å². The van der Waals surface area contributed by atoms with E-state index in [-0.39, 0.29) is 5.69 Å². The Kier molecular flexibility index (Phi) is 4.25. The number of carbonyl (C=O) groups is 1. The zero-order valence-electron chi connectivity index (χ0n) is 12.2. The Morgan fingerprint density at radius 3 is 2.75 bits per heavy atom. The highest BCUT2D eigenvalue weighted by Crippen LogP contribution is 2.15. The number of nitrogens with zero attached hydrogens (tertiary/aromatic N) is 2. The summed E-state index contributed by atoms with van der Waals surface area (Å²) in [5, 5.41) is 0. The topological polar surface area (TPSA) is 70.1 Å². The molecule has 5 nitrogen and oxygen atoms in total. The molecule has 2 heterocycles. The normalized spacial score (nSPS) is 11.9. The number of primary amides is 1. The molecule has 0 saturated heterocycles. The summed E-state index contributed by atoms with van der Waals surface area (Å²) < 4.78 is 7.70. The van der Waals surface area contributed by atoms with Crippen molar-refractivity contribution < 1.29 is 9.53 Å². The average Bonchev–Trinajstić information content (AvgIpc) is 2.76. The van der Waals surface area contributed by atoms with Crippen LogP contribution >= 0.6 is 0 Å². The number of carbonyl (C=O) groups excluding carboxylic acids is 1. The fraction of sp³-hybridized carbons (Fsp3) is 0.429. The summed E-state index contributed by atoms with van der Waals surface area (Å²) >= 11 is 0. The number of nitrogens with two attached hydrogens (primary N) is 1. The second kappa shape index (κ2) is 5.76. The summed E-state index contributed by atoms with van der Waals surface area (Å²) in [5.74, 6) is -0.508. The van der Waals surface area contributed by atoms with Crippen molar-refractivity contribution in [1.82, 2.24) is 9.55 Å². The Labute approximate surface area is 119 Å². The number of pyridine rings is 1. The van der Waals surface area contributed by atoms with Gasteiger partial charge in [0, 0.05) is 20.9 Å². The molecule has 6 heteroatoms. The van der Waals surface area contributed by atoms with Gasteiger partial charge < -0.3 is 15.0 Å². The molecule has 2 aromatic heterocycles. The smallest absolute Gasteiger partial charge is 0.267 e. The molecular formula is C14H21N3O2Si. The maximum Gasteiger partial charge on any atom is 0.267 e. The highest BCUT2D eigenvalue weighted by atomic mass is 28.3. The van der Waals surface area contributed by atoms with Gasteiger partial charge in [-0.2, -0.15) is 0 Å². The number of ether oxygens (including phenoxy) is 1. The molecule has 0 bridgehead atoms. The van der Waals surface area contributed by atoms with Crippen molar-refractivity contribution in [2.75, 3.05) is 6.61 Å². The molecule has 1 amide bonds. The van der Waals surface area contributed by atoms with Gasteiger partial charge in [-0.3, -0.25) is 4.79 Å². The van der Waals surface area contributed by atoms with Crippen molar-refractivity contribution in [1.29, 1.82) is 0 Å². The fourth-order valence-electron chi connectivity index (χ4n) is 1.87. The number of aromatic nitrogens is 2. The minimum atomic E-state index is -1.05. The molecule has 0 unspecified atom stereocenters. The van der Waals surface area contributed by atoms with Gasteiger partial charge in [-0.1, -0.05) is 19.6 Å². The molecule has 0 aliphatic rings. The van der Waals surface area contributed by atoms with Crippen LogP contribution in [-0.2, 0) is 11.5 Å². The van der Waals surface area contributed by atoms with E-state index < -0.39 is 14.0 Å². The third-order valence-corrected chi connectivity index (χ3v) is 4.81. The fourth-order valence-corrected chi connectivity index (χ4v) is 2.62. The first kappa shape index (κ1) is 14.7. The third kappa shape index (κ3) is 3.67. The number of fused-ring (bicyclic) bond motifs is 1. The SMILES string of the molecule is C[Si](C)(C)CCOCn1ccc2nc(C(N)=O)ccc21. The van der Waals surface area contributed by atoms with Crippen LogP contribution in [0.25, 0.3) is 11.0 Å². The molecular weight excluding hydrogens is 270 g/mol. The van der Waals surface area contributed by atoms with Crippen molar-refractivity contribution in [3.63, 3.8) is 0 Å². The van der Waals surface area contributed by atoms with Crippen LogP contribution in [0.3, 0.4) is 0 Å². The monoisotopic (exact) mass is 291 g/mol. The van der Waals surface area contributed by atoms with Crippen LogP contribution in [0, 0.1) is 0 Å². The van der Waals surface area contributed by atoms with Gasteiger partial charge in [-0.25, -0.2) is 4.98 Å². The highest BCUT2D eigenvalue weighted by Gasteiger charge is 2.12. The summed E-state index contributed by atoms with van der Waals surface area (Å²) in [6.45, 7) is 8.28. The first-order valence-electron chi connectivity index (χ1n) is 6.70. The Bertz CT molecular complexity index is 616. The van der Waals surface area contributed by atoms with Crippen molar-refractivity contribution >= 4 is 25.0 Å². The molecule has 2 aromatic rings. The lowest BCUT2D eigenvalue weighted by atomic mass is 10.3. The lowest BCUT2D eigenvalue weighted by molar-refractivity contribution is 0.0902. The van der Waals surface area contributed by atoms with Crippen LogP contribution in [-0.4, -0.2) is 30.1 Å². The number of amides is 1. The van der Waals surface area contributed by atoms with Gasteiger partial charge >= 0.3 is 0 Å². The van der Waals surface area contributed by atoms with Crippen molar-refractivity contribution in [3.05, 3.63) is 30.1 Å². The van der Waals surface area contributed by atoms with E-state index in [1.165, 1.54) is 0 Å². The number of hydrogen-bond donors (Lipinski definition) is 1. The quantitative estimate of drug-likeness (QED) is 0.656. The summed E-state index contributed by atoms with van der Waals surface area (Å²) in [5.41, 5.74) is 7.21. The summed E-state index contributed by atoms with van der Waals surface area (Å²) in [4.78, 5) is 15.3. The van der Waals surface area contributed by atoms with E-state index in [0.29, 0.717) is 6.73 Å². The Morgan fingerprint density at radius 2 is 2.10 bits per heavy atom. The molecule has 0 fully saturated rings.